The van der Waals surface area contributed by atoms with Crippen molar-refractivity contribution in [3.05, 3.63) is 6.92 Å². The Labute approximate surface area is 300 Å². The van der Waals surface area contributed by atoms with Crippen molar-refractivity contribution < 1.29 is 28.5 Å². The Kier molecular flexibility index (Phi) is 38.1. The molecular weight excluding hydrogens is 627 g/mol. The zero-order valence-corrected chi connectivity index (χ0v) is 32.0. The number of ether oxygens (including phenoxy) is 4. The van der Waals surface area contributed by atoms with Crippen LogP contribution in [0.2, 0.25) is 0 Å². The van der Waals surface area contributed by atoms with Gasteiger partial charge in [0, 0.05) is 37.7 Å². The molecule has 4 N–H and O–H groups in total. The molecule has 285 valence electrons. The molecule has 48 heavy (non-hydrogen) atoms. The standard InChI is InChI=1S/C38H76N3O6S/c1-4-7-9-11-13-15-17-19-21-23-26-47-32-35(41-37(42)24-22-20-18-16-14-12-10-8-5-2)33-48-34-36(39)38(43)40-25-27-45-30-31-46-29-28-44-6-3/h35-36H,3-34,39H2,1-2H3,(H,40,43)(H,41,42)/t35-,36+/m1/s1. The third-order valence-electron chi connectivity index (χ3n) is 8.22. The van der Waals surface area contributed by atoms with E-state index in [2.05, 4.69) is 31.4 Å². The maximum absolute atomic E-state index is 12.8. The molecule has 0 spiro atoms. The first-order valence-corrected chi connectivity index (χ1v) is 20.7. The minimum atomic E-state index is -0.628. The Balaban J connectivity index is 4.28. The summed E-state index contributed by atoms with van der Waals surface area (Å²) >= 11 is 1.58. The minimum Gasteiger partial charge on any atom is -0.379 e. The molecule has 0 rings (SSSR count). The number of nitrogens with two attached hydrogens (primary N) is 1. The smallest absolute Gasteiger partial charge is 0.237 e. The van der Waals surface area contributed by atoms with E-state index in [1.807, 2.05) is 0 Å². The van der Waals surface area contributed by atoms with Crippen molar-refractivity contribution in [1.82, 2.24) is 10.6 Å². The van der Waals surface area contributed by atoms with Crippen LogP contribution >= 0.6 is 11.8 Å². The summed E-state index contributed by atoms with van der Waals surface area (Å²) in [4.78, 5) is 25.2. The highest BCUT2D eigenvalue weighted by Crippen LogP contribution is 2.13. The number of thioether (sulfide) groups is 1. The molecule has 0 saturated heterocycles. The average molecular weight is 703 g/mol. The van der Waals surface area contributed by atoms with E-state index in [1.54, 1.807) is 11.8 Å². The summed E-state index contributed by atoms with van der Waals surface area (Å²) in [6, 6.07) is -0.724. The van der Waals surface area contributed by atoms with Gasteiger partial charge in [0.1, 0.15) is 0 Å². The van der Waals surface area contributed by atoms with E-state index >= 15 is 0 Å². The third-order valence-corrected chi connectivity index (χ3v) is 9.45. The molecular formula is C38H76N3O6S. The predicted octanol–water partition coefficient (Wildman–Crippen LogP) is 7.39. The summed E-state index contributed by atoms with van der Waals surface area (Å²) in [5.74, 6) is 1.02. The SMILES string of the molecule is [CH2]COCCOCCOCCNC(=O)[C@@H](N)CSC[C@@H](COCCCCCCCCCCCC)NC(=O)CCCCCCCCCCC. The second-order valence-electron chi connectivity index (χ2n) is 12.9. The molecule has 0 unspecified atom stereocenters. The van der Waals surface area contributed by atoms with Gasteiger partial charge in [0.05, 0.1) is 51.7 Å². The monoisotopic (exact) mass is 703 g/mol. The normalized spacial score (nSPS) is 12.7. The molecule has 0 fully saturated rings. The van der Waals surface area contributed by atoms with Crippen LogP contribution in [0.5, 0.6) is 0 Å². The van der Waals surface area contributed by atoms with Crippen molar-refractivity contribution in [3.8, 4) is 0 Å². The van der Waals surface area contributed by atoms with Crippen LogP contribution in [0.4, 0.5) is 0 Å². The first kappa shape index (κ1) is 47.1. The average Bonchev–Trinajstić information content (AvgIpc) is 3.08. The molecule has 0 saturated carbocycles. The van der Waals surface area contributed by atoms with Gasteiger partial charge in [-0.2, -0.15) is 11.8 Å². The van der Waals surface area contributed by atoms with Gasteiger partial charge in [-0.1, -0.05) is 123 Å². The Morgan fingerprint density at radius 2 is 1.12 bits per heavy atom. The number of unbranched alkanes of at least 4 members (excludes halogenated alkanes) is 17. The van der Waals surface area contributed by atoms with Crippen LogP contribution in [0, 0.1) is 6.92 Å². The highest BCUT2D eigenvalue weighted by atomic mass is 32.2. The van der Waals surface area contributed by atoms with Gasteiger partial charge in [0.25, 0.3) is 0 Å². The molecule has 2 amide bonds. The second kappa shape index (κ2) is 38.9. The molecule has 0 aromatic rings. The first-order valence-electron chi connectivity index (χ1n) is 19.6. The first-order chi connectivity index (χ1) is 23.5. The molecule has 2 atom stereocenters. The van der Waals surface area contributed by atoms with Gasteiger partial charge in [-0.3, -0.25) is 9.59 Å². The fraction of sp³-hybridized carbons (Fsp3) is 0.921. The molecule has 9 nitrogen and oxygen atoms in total. The highest BCUT2D eigenvalue weighted by Gasteiger charge is 2.17. The van der Waals surface area contributed by atoms with Crippen LogP contribution in [-0.4, -0.2) is 94.8 Å². The molecule has 0 aromatic heterocycles. The van der Waals surface area contributed by atoms with Crippen molar-refractivity contribution in [3.63, 3.8) is 0 Å². The van der Waals surface area contributed by atoms with Crippen molar-refractivity contribution in [2.75, 3.05) is 70.9 Å². The molecule has 0 aliphatic rings. The zero-order valence-electron chi connectivity index (χ0n) is 31.2. The van der Waals surface area contributed by atoms with Crippen LogP contribution < -0.4 is 16.4 Å². The van der Waals surface area contributed by atoms with Gasteiger partial charge in [-0.15, -0.1) is 0 Å². The van der Waals surface area contributed by atoms with Gasteiger partial charge in [-0.25, -0.2) is 0 Å². The van der Waals surface area contributed by atoms with Crippen LogP contribution in [0.25, 0.3) is 0 Å². The lowest BCUT2D eigenvalue weighted by Gasteiger charge is -2.20. The molecule has 0 aliphatic heterocycles. The lowest BCUT2D eigenvalue weighted by molar-refractivity contribution is -0.123. The van der Waals surface area contributed by atoms with E-state index in [0.29, 0.717) is 77.3 Å². The summed E-state index contributed by atoms with van der Waals surface area (Å²) in [5, 5.41) is 6.03. The topological polar surface area (TPSA) is 121 Å². The van der Waals surface area contributed by atoms with Gasteiger partial charge in [-0.05, 0) is 19.8 Å². The Hall–Kier alpha value is -0.910. The third kappa shape index (κ3) is 34.9. The molecule has 0 bridgehead atoms. The maximum Gasteiger partial charge on any atom is 0.237 e. The van der Waals surface area contributed by atoms with Gasteiger partial charge < -0.3 is 35.3 Å². The second-order valence-corrected chi connectivity index (χ2v) is 13.9. The Morgan fingerprint density at radius 3 is 1.69 bits per heavy atom. The lowest BCUT2D eigenvalue weighted by Crippen LogP contribution is -2.44. The van der Waals surface area contributed by atoms with Crippen molar-refractivity contribution in [2.24, 2.45) is 5.73 Å². The maximum atomic E-state index is 12.8. The number of amides is 2. The number of hydrogen-bond donors (Lipinski definition) is 3. The largest absolute Gasteiger partial charge is 0.379 e. The summed E-state index contributed by atoms with van der Waals surface area (Å²) in [7, 11) is 0. The van der Waals surface area contributed by atoms with E-state index < -0.39 is 6.04 Å². The van der Waals surface area contributed by atoms with Crippen molar-refractivity contribution >= 4 is 23.6 Å². The number of carbonyl (C=O) groups excluding carboxylic acids is 2. The molecule has 1 radical (unpaired) electrons. The van der Waals surface area contributed by atoms with E-state index in [0.717, 1.165) is 19.3 Å². The number of hydrogen-bond acceptors (Lipinski definition) is 8. The van der Waals surface area contributed by atoms with Gasteiger partial charge in [0.2, 0.25) is 11.8 Å². The van der Waals surface area contributed by atoms with E-state index in [1.165, 1.54) is 103 Å². The van der Waals surface area contributed by atoms with Gasteiger partial charge in [0.15, 0.2) is 0 Å². The quantitative estimate of drug-likeness (QED) is 0.0568. The summed E-state index contributed by atoms with van der Waals surface area (Å²) in [6.45, 7) is 12.5. The predicted molar refractivity (Wildman–Crippen MR) is 203 cm³/mol. The summed E-state index contributed by atoms with van der Waals surface area (Å²) in [6.07, 6.45) is 24.6. The number of nitrogens with one attached hydrogen (secondary N) is 2. The van der Waals surface area contributed by atoms with E-state index in [4.69, 9.17) is 24.7 Å². The molecule has 0 aliphatic carbocycles. The summed E-state index contributed by atoms with van der Waals surface area (Å²) in [5.41, 5.74) is 6.16. The minimum absolute atomic E-state index is 0.0881. The van der Waals surface area contributed by atoms with E-state index in [-0.39, 0.29) is 17.9 Å². The van der Waals surface area contributed by atoms with E-state index in [9.17, 15) is 9.59 Å². The molecule has 0 aromatic carbocycles. The van der Waals surface area contributed by atoms with Crippen LogP contribution in [0.15, 0.2) is 0 Å². The van der Waals surface area contributed by atoms with Crippen LogP contribution in [0.1, 0.15) is 142 Å². The van der Waals surface area contributed by atoms with Crippen LogP contribution in [0.3, 0.4) is 0 Å². The zero-order chi connectivity index (χ0) is 35.2. The fourth-order valence-electron chi connectivity index (χ4n) is 5.28. The molecule has 10 heteroatoms. The Bertz CT molecular complexity index is 691. The summed E-state index contributed by atoms with van der Waals surface area (Å²) < 4.78 is 22.0. The van der Waals surface area contributed by atoms with Gasteiger partial charge >= 0.3 is 0 Å². The number of rotatable bonds is 39. The lowest BCUT2D eigenvalue weighted by atomic mass is 10.1. The van der Waals surface area contributed by atoms with Crippen LogP contribution in [-0.2, 0) is 28.5 Å². The fourth-order valence-corrected chi connectivity index (χ4v) is 6.28. The van der Waals surface area contributed by atoms with Crippen molar-refractivity contribution in [2.45, 2.75) is 154 Å². The molecule has 0 heterocycles. The Morgan fingerprint density at radius 1 is 0.625 bits per heavy atom. The number of carbonyl (C=O) groups is 2. The van der Waals surface area contributed by atoms with Crippen molar-refractivity contribution in [1.29, 1.82) is 0 Å². The highest BCUT2D eigenvalue weighted by molar-refractivity contribution is 7.99.